The summed E-state index contributed by atoms with van der Waals surface area (Å²) in [5.41, 5.74) is 1.21. The first kappa shape index (κ1) is 17.6. The van der Waals surface area contributed by atoms with Crippen LogP contribution in [-0.2, 0) is 14.4 Å². The van der Waals surface area contributed by atoms with Gasteiger partial charge in [0.05, 0.1) is 16.7 Å². The van der Waals surface area contributed by atoms with Crippen molar-refractivity contribution in [2.75, 3.05) is 0 Å². The lowest BCUT2D eigenvalue weighted by Gasteiger charge is -2.41. The number of ketones is 1. The van der Waals surface area contributed by atoms with Gasteiger partial charge in [0.1, 0.15) is 4.32 Å². The second kappa shape index (κ2) is 5.29. The molecule has 0 aromatic heterocycles. The molecule has 2 aliphatic carbocycles. The van der Waals surface area contributed by atoms with Crippen molar-refractivity contribution in [1.29, 1.82) is 0 Å². The maximum absolute atomic E-state index is 13.9. The van der Waals surface area contributed by atoms with Gasteiger partial charge in [-0.2, -0.15) is 0 Å². The molecule has 5 rings (SSSR count). The molecule has 1 N–H and O–H groups in total. The van der Waals surface area contributed by atoms with Gasteiger partial charge in [0, 0.05) is 0 Å². The van der Waals surface area contributed by atoms with Crippen LogP contribution in [0.4, 0.5) is 0 Å². The van der Waals surface area contributed by atoms with Gasteiger partial charge in [-0.25, -0.2) is 0 Å². The molecular formula is C23H18BrNO3. The maximum Gasteiger partial charge on any atom is 0.245 e. The maximum atomic E-state index is 13.9. The molecule has 28 heavy (non-hydrogen) atoms. The highest BCUT2D eigenvalue weighted by atomic mass is 79.9. The standard InChI is InChI=1S/C23H18BrNO3/c1-21-15(13-9-5-3-6-10-13)16(14-11-7-4-8-12-14)22(2,19(21)27)23(24)17(21)18(26)25-20(23)28/h3-12,17H,1-2H3,(H,25,26,28). The Bertz CT molecular complexity index is 1090. The Labute approximate surface area is 171 Å². The lowest BCUT2D eigenvalue weighted by atomic mass is 9.63. The van der Waals surface area contributed by atoms with Crippen LogP contribution in [0, 0.1) is 16.7 Å². The summed E-state index contributed by atoms with van der Waals surface area (Å²) in [5.74, 6) is -1.68. The van der Waals surface area contributed by atoms with Crippen LogP contribution in [-0.4, -0.2) is 21.9 Å². The summed E-state index contributed by atoms with van der Waals surface area (Å²) in [6.07, 6.45) is 0. The van der Waals surface area contributed by atoms with E-state index in [1.54, 1.807) is 6.92 Å². The predicted molar refractivity (Wildman–Crippen MR) is 109 cm³/mol. The van der Waals surface area contributed by atoms with Gasteiger partial charge in [-0.3, -0.25) is 19.7 Å². The number of alkyl halides is 1. The average Bonchev–Trinajstić information content (AvgIpc) is 3.10. The molecule has 140 valence electrons. The van der Waals surface area contributed by atoms with Gasteiger partial charge >= 0.3 is 0 Å². The van der Waals surface area contributed by atoms with Crippen LogP contribution >= 0.6 is 15.9 Å². The third-order valence-electron chi connectivity index (χ3n) is 6.85. The molecule has 1 saturated heterocycles. The highest BCUT2D eigenvalue weighted by Gasteiger charge is 2.84. The van der Waals surface area contributed by atoms with E-state index in [0.29, 0.717) is 0 Å². The molecule has 2 aromatic carbocycles. The van der Waals surface area contributed by atoms with Crippen LogP contribution in [0.25, 0.3) is 11.1 Å². The van der Waals surface area contributed by atoms with E-state index >= 15 is 0 Å². The van der Waals surface area contributed by atoms with Crippen molar-refractivity contribution < 1.29 is 14.4 Å². The van der Waals surface area contributed by atoms with Gasteiger partial charge in [0.15, 0.2) is 5.78 Å². The normalized spacial score (nSPS) is 36.1. The van der Waals surface area contributed by atoms with Crippen molar-refractivity contribution in [1.82, 2.24) is 5.32 Å². The van der Waals surface area contributed by atoms with E-state index in [1.807, 2.05) is 67.6 Å². The molecule has 1 saturated carbocycles. The van der Waals surface area contributed by atoms with E-state index in [4.69, 9.17) is 0 Å². The average molecular weight is 436 g/mol. The number of nitrogens with one attached hydrogen (secondary N) is 1. The number of amides is 2. The second-order valence-corrected chi connectivity index (χ2v) is 9.35. The van der Waals surface area contributed by atoms with Gasteiger partial charge in [-0.15, -0.1) is 0 Å². The number of benzene rings is 2. The lowest BCUT2D eigenvalue weighted by molar-refractivity contribution is -0.134. The zero-order chi connectivity index (χ0) is 19.9. The van der Waals surface area contributed by atoms with Gasteiger partial charge < -0.3 is 0 Å². The summed E-state index contributed by atoms with van der Waals surface area (Å²) in [4.78, 5) is 39.7. The second-order valence-electron chi connectivity index (χ2n) is 8.10. The SMILES string of the molecule is CC12C(=O)C(C)(C(c3ccccc3)=C1c1ccccc1)C1(Br)C(=O)NC(=O)C21. The van der Waals surface area contributed by atoms with E-state index in [1.165, 1.54) is 0 Å². The Morgan fingerprint density at radius 2 is 1.32 bits per heavy atom. The summed E-state index contributed by atoms with van der Waals surface area (Å²) in [6, 6.07) is 19.4. The van der Waals surface area contributed by atoms with Gasteiger partial charge in [-0.05, 0) is 36.1 Å². The first-order valence-electron chi connectivity index (χ1n) is 9.24. The summed E-state index contributed by atoms with van der Waals surface area (Å²) in [5, 5.41) is 2.47. The number of Topliss-reactive ketones (excluding diaryl/α,β-unsaturated/α-hetero) is 1. The molecule has 2 amide bonds. The van der Waals surface area contributed by atoms with E-state index < -0.39 is 27.0 Å². The molecule has 2 bridgehead atoms. The van der Waals surface area contributed by atoms with Crippen molar-refractivity contribution in [3.63, 3.8) is 0 Å². The minimum atomic E-state index is -1.29. The van der Waals surface area contributed by atoms with Crippen LogP contribution in [0.1, 0.15) is 25.0 Å². The largest absolute Gasteiger partial charge is 0.298 e. The van der Waals surface area contributed by atoms with Crippen molar-refractivity contribution in [2.24, 2.45) is 16.7 Å². The predicted octanol–water partition coefficient (Wildman–Crippen LogP) is 3.61. The van der Waals surface area contributed by atoms with E-state index in [-0.39, 0.29) is 11.7 Å². The molecule has 1 heterocycles. The monoisotopic (exact) mass is 435 g/mol. The third-order valence-corrected chi connectivity index (χ3v) is 8.46. The number of carbonyl (C=O) groups excluding carboxylic acids is 3. The topological polar surface area (TPSA) is 63.2 Å². The quantitative estimate of drug-likeness (QED) is 0.578. The Kier molecular flexibility index (Phi) is 3.32. The summed E-state index contributed by atoms with van der Waals surface area (Å²) < 4.78 is -1.29. The Morgan fingerprint density at radius 1 is 0.821 bits per heavy atom. The number of rotatable bonds is 2. The number of carbonyl (C=O) groups is 3. The smallest absolute Gasteiger partial charge is 0.245 e. The van der Waals surface area contributed by atoms with Crippen LogP contribution < -0.4 is 5.32 Å². The minimum absolute atomic E-state index is 0.0808. The van der Waals surface area contributed by atoms with Gasteiger partial charge in [0.2, 0.25) is 11.8 Å². The zero-order valence-electron chi connectivity index (χ0n) is 15.5. The molecular weight excluding hydrogens is 418 g/mol. The molecule has 4 nitrogen and oxygen atoms in total. The number of fused-ring (bicyclic) bond motifs is 5. The molecule has 2 fully saturated rings. The number of allylic oxidation sites excluding steroid dienone is 2. The first-order chi connectivity index (χ1) is 13.3. The van der Waals surface area contributed by atoms with Crippen LogP contribution in [0.2, 0.25) is 0 Å². The van der Waals surface area contributed by atoms with E-state index in [0.717, 1.165) is 22.3 Å². The lowest BCUT2D eigenvalue weighted by Crippen LogP contribution is -2.50. The Morgan fingerprint density at radius 3 is 1.86 bits per heavy atom. The summed E-state index contributed by atoms with van der Waals surface area (Å²) >= 11 is 3.62. The number of halogens is 1. The fourth-order valence-corrected chi connectivity index (χ4v) is 6.87. The van der Waals surface area contributed by atoms with E-state index in [2.05, 4.69) is 21.2 Å². The van der Waals surface area contributed by atoms with Gasteiger partial charge in [0.25, 0.3) is 0 Å². The van der Waals surface area contributed by atoms with E-state index in [9.17, 15) is 14.4 Å². The van der Waals surface area contributed by atoms with Crippen LogP contribution in [0.3, 0.4) is 0 Å². The molecule has 4 atom stereocenters. The number of hydrogen-bond donors (Lipinski definition) is 1. The molecule has 5 heteroatoms. The highest BCUT2D eigenvalue weighted by Crippen LogP contribution is 2.76. The number of hydrogen-bond acceptors (Lipinski definition) is 3. The Hall–Kier alpha value is -2.53. The van der Waals surface area contributed by atoms with Crippen molar-refractivity contribution in [3.05, 3.63) is 71.8 Å². The minimum Gasteiger partial charge on any atom is -0.298 e. The third kappa shape index (κ3) is 1.66. The molecule has 4 unspecified atom stereocenters. The molecule has 1 aliphatic heterocycles. The molecule has 0 radical (unpaired) electrons. The Balaban J connectivity index is 1.94. The van der Waals surface area contributed by atoms with Crippen molar-refractivity contribution in [3.8, 4) is 0 Å². The van der Waals surface area contributed by atoms with Crippen molar-refractivity contribution >= 4 is 44.7 Å². The van der Waals surface area contributed by atoms with Gasteiger partial charge in [-0.1, -0.05) is 76.6 Å². The molecule has 3 aliphatic rings. The fraction of sp³-hybridized carbons (Fsp3) is 0.261. The van der Waals surface area contributed by atoms with Crippen molar-refractivity contribution in [2.45, 2.75) is 18.2 Å². The fourth-order valence-electron chi connectivity index (χ4n) is 5.73. The van der Waals surface area contributed by atoms with Crippen LogP contribution in [0.5, 0.6) is 0 Å². The number of imide groups is 1. The summed E-state index contributed by atoms with van der Waals surface area (Å²) in [6.45, 7) is 3.62. The first-order valence-corrected chi connectivity index (χ1v) is 10.0. The molecule has 2 aromatic rings. The zero-order valence-corrected chi connectivity index (χ0v) is 17.0. The van der Waals surface area contributed by atoms with Crippen LogP contribution in [0.15, 0.2) is 60.7 Å². The highest BCUT2D eigenvalue weighted by molar-refractivity contribution is 9.10. The molecule has 0 spiro atoms. The summed E-state index contributed by atoms with van der Waals surface area (Å²) in [7, 11) is 0.